The van der Waals surface area contributed by atoms with Gasteiger partial charge in [-0.05, 0) is 30.2 Å². The van der Waals surface area contributed by atoms with E-state index in [4.69, 9.17) is 14.2 Å². The fourth-order valence-electron chi connectivity index (χ4n) is 2.63. The zero-order chi connectivity index (χ0) is 19.9. The molecule has 7 heteroatoms. The molecule has 0 bridgehead atoms. The molecule has 0 saturated heterocycles. The first kappa shape index (κ1) is 19.6. The van der Waals surface area contributed by atoms with Crippen LogP contribution in [0.1, 0.15) is 16.0 Å². The second kappa shape index (κ2) is 9.14. The molecule has 28 heavy (non-hydrogen) atoms. The van der Waals surface area contributed by atoms with Gasteiger partial charge in [-0.3, -0.25) is 4.98 Å². The van der Waals surface area contributed by atoms with Crippen molar-refractivity contribution in [2.45, 2.75) is 13.5 Å². The number of pyridine rings is 1. The van der Waals surface area contributed by atoms with E-state index in [1.807, 2.05) is 43.3 Å². The molecule has 0 fully saturated rings. The van der Waals surface area contributed by atoms with E-state index < -0.39 is 5.97 Å². The monoisotopic (exact) mass is 396 g/mol. The summed E-state index contributed by atoms with van der Waals surface area (Å²) in [6, 6.07) is 11.3. The third kappa shape index (κ3) is 4.37. The summed E-state index contributed by atoms with van der Waals surface area (Å²) in [5, 5.41) is 0.850. The van der Waals surface area contributed by atoms with E-state index in [2.05, 4.69) is 9.97 Å². The highest BCUT2D eigenvalue weighted by molar-refractivity contribution is 7.15. The van der Waals surface area contributed by atoms with Crippen molar-refractivity contribution in [3.63, 3.8) is 0 Å². The number of aryl methyl sites for hydroxylation is 1. The van der Waals surface area contributed by atoms with Gasteiger partial charge in [0.1, 0.15) is 17.2 Å². The first-order valence-corrected chi connectivity index (χ1v) is 9.36. The summed E-state index contributed by atoms with van der Waals surface area (Å²) in [6.45, 7) is 2.22. The van der Waals surface area contributed by atoms with Crippen molar-refractivity contribution in [2.24, 2.45) is 0 Å². The van der Waals surface area contributed by atoms with Crippen LogP contribution in [-0.2, 0) is 20.9 Å². The second-order valence-corrected chi connectivity index (χ2v) is 7.03. The lowest BCUT2D eigenvalue weighted by molar-refractivity contribution is -0.133. The zero-order valence-corrected chi connectivity index (χ0v) is 16.7. The Bertz CT molecular complexity index is 983. The van der Waals surface area contributed by atoms with Gasteiger partial charge >= 0.3 is 5.97 Å². The van der Waals surface area contributed by atoms with Crippen LogP contribution in [0.25, 0.3) is 16.1 Å². The van der Waals surface area contributed by atoms with Crippen LogP contribution in [-0.4, -0.2) is 30.2 Å². The van der Waals surface area contributed by atoms with Gasteiger partial charge in [0.15, 0.2) is 0 Å². The Morgan fingerprint density at radius 1 is 1.18 bits per heavy atom. The fraction of sp³-hybridized carbons (Fsp3) is 0.190. The van der Waals surface area contributed by atoms with E-state index in [0.717, 1.165) is 21.0 Å². The van der Waals surface area contributed by atoms with Crippen LogP contribution in [0.3, 0.4) is 0 Å². The lowest BCUT2D eigenvalue weighted by Gasteiger charge is -2.12. The number of hydrogen-bond donors (Lipinski definition) is 0. The second-order valence-electron chi connectivity index (χ2n) is 5.83. The third-order valence-electron chi connectivity index (χ3n) is 3.98. The highest BCUT2D eigenvalue weighted by Gasteiger charge is 2.18. The van der Waals surface area contributed by atoms with Gasteiger partial charge in [-0.25, -0.2) is 9.78 Å². The molecule has 2 aromatic heterocycles. The molecule has 0 spiro atoms. The summed E-state index contributed by atoms with van der Waals surface area (Å²) < 4.78 is 15.9. The standard InChI is InChI=1S/C21H20N2O4S/c1-14-19(23-20(28-14)15-8-6-10-22-11-15)27-12-16-7-4-5-9-17(16)18(13-25-2)21(24)26-3/h4-11,13H,12H2,1-3H3/b18-13+. The minimum Gasteiger partial charge on any atom is -0.503 e. The number of esters is 1. The number of carbonyl (C=O) groups excluding carboxylic acids is 1. The molecule has 0 N–H and O–H groups in total. The first-order valence-electron chi connectivity index (χ1n) is 8.54. The Labute approximate surface area is 167 Å². The van der Waals surface area contributed by atoms with Gasteiger partial charge < -0.3 is 14.2 Å². The molecule has 144 valence electrons. The highest BCUT2D eigenvalue weighted by atomic mass is 32.1. The molecular weight excluding hydrogens is 376 g/mol. The molecule has 1 aromatic carbocycles. The molecular formula is C21H20N2O4S. The number of hydrogen-bond acceptors (Lipinski definition) is 7. The van der Waals surface area contributed by atoms with Crippen LogP contribution in [0.5, 0.6) is 5.88 Å². The van der Waals surface area contributed by atoms with Crippen LogP contribution in [0.4, 0.5) is 0 Å². The van der Waals surface area contributed by atoms with E-state index in [0.29, 0.717) is 17.0 Å². The summed E-state index contributed by atoms with van der Waals surface area (Å²) in [4.78, 5) is 21.8. The predicted octanol–water partition coefficient (Wildman–Crippen LogP) is 4.25. The maximum absolute atomic E-state index is 12.1. The van der Waals surface area contributed by atoms with Gasteiger partial charge in [0.25, 0.3) is 0 Å². The van der Waals surface area contributed by atoms with E-state index in [1.54, 1.807) is 23.7 Å². The molecule has 0 radical (unpaired) electrons. The van der Waals surface area contributed by atoms with E-state index >= 15 is 0 Å². The summed E-state index contributed by atoms with van der Waals surface area (Å²) in [6.07, 6.45) is 4.87. The van der Waals surface area contributed by atoms with Crippen molar-refractivity contribution in [2.75, 3.05) is 14.2 Å². The summed E-state index contributed by atoms with van der Waals surface area (Å²) in [5.74, 6) is 0.0898. The van der Waals surface area contributed by atoms with Crippen molar-refractivity contribution in [3.05, 3.63) is 71.1 Å². The largest absolute Gasteiger partial charge is 0.503 e. The van der Waals surface area contributed by atoms with Crippen LogP contribution >= 0.6 is 11.3 Å². The van der Waals surface area contributed by atoms with Gasteiger partial charge in [-0.2, -0.15) is 0 Å². The van der Waals surface area contributed by atoms with E-state index in [-0.39, 0.29) is 6.61 Å². The van der Waals surface area contributed by atoms with Gasteiger partial charge in [-0.1, -0.05) is 24.3 Å². The number of carbonyl (C=O) groups is 1. The molecule has 0 aliphatic heterocycles. The summed E-state index contributed by atoms with van der Waals surface area (Å²) >= 11 is 1.55. The highest BCUT2D eigenvalue weighted by Crippen LogP contribution is 2.32. The summed E-state index contributed by atoms with van der Waals surface area (Å²) in [7, 11) is 2.82. The Balaban J connectivity index is 1.84. The first-order chi connectivity index (χ1) is 13.6. The molecule has 0 aliphatic carbocycles. The van der Waals surface area contributed by atoms with Crippen LogP contribution < -0.4 is 4.74 Å². The van der Waals surface area contributed by atoms with Crippen LogP contribution in [0.15, 0.2) is 55.1 Å². The quantitative estimate of drug-likeness (QED) is 0.338. The molecule has 6 nitrogen and oxygen atoms in total. The van der Waals surface area contributed by atoms with E-state index in [9.17, 15) is 4.79 Å². The number of benzene rings is 1. The molecule has 0 atom stereocenters. The van der Waals surface area contributed by atoms with Crippen molar-refractivity contribution in [1.29, 1.82) is 0 Å². The number of thiazole rings is 1. The van der Waals surface area contributed by atoms with Crippen LogP contribution in [0.2, 0.25) is 0 Å². The van der Waals surface area contributed by atoms with Gasteiger partial charge in [-0.15, -0.1) is 11.3 Å². The molecule has 2 heterocycles. The number of nitrogens with zero attached hydrogens (tertiary/aromatic N) is 2. The summed E-state index contributed by atoms with van der Waals surface area (Å²) in [5.41, 5.74) is 2.79. The number of rotatable bonds is 7. The smallest absolute Gasteiger partial charge is 0.341 e. The van der Waals surface area contributed by atoms with Crippen molar-refractivity contribution in [1.82, 2.24) is 9.97 Å². The van der Waals surface area contributed by atoms with Crippen LogP contribution in [0, 0.1) is 6.92 Å². The molecule has 0 unspecified atom stereocenters. The maximum atomic E-state index is 12.1. The fourth-order valence-corrected chi connectivity index (χ4v) is 3.48. The van der Waals surface area contributed by atoms with Crippen molar-refractivity contribution in [3.8, 4) is 16.5 Å². The van der Waals surface area contributed by atoms with E-state index in [1.165, 1.54) is 20.5 Å². The Kier molecular flexibility index (Phi) is 6.39. The lowest BCUT2D eigenvalue weighted by atomic mass is 10.0. The zero-order valence-electron chi connectivity index (χ0n) is 15.8. The van der Waals surface area contributed by atoms with Crippen molar-refractivity contribution >= 4 is 22.9 Å². The number of ether oxygens (including phenoxy) is 3. The number of methoxy groups -OCH3 is 2. The average Bonchev–Trinajstić information content (AvgIpc) is 3.11. The Morgan fingerprint density at radius 3 is 2.71 bits per heavy atom. The molecule has 0 aliphatic rings. The molecule has 3 rings (SSSR count). The van der Waals surface area contributed by atoms with Gasteiger partial charge in [0.2, 0.25) is 5.88 Å². The maximum Gasteiger partial charge on any atom is 0.341 e. The minimum absolute atomic E-state index is 0.255. The van der Waals surface area contributed by atoms with Gasteiger partial charge in [0, 0.05) is 18.0 Å². The minimum atomic E-state index is -0.474. The lowest BCUT2D eigenvalue weighted by Crippen LogP contribution is -2.08. The molecule has 3 aromatic rings. The molecule has 0 saturated carbocycles. The normalized spacial score (nSPS) is 11.2. The predicted molar refractivity (Wildman–Crippen MR) is 108 cm³/mol. The van der Waals surface area contributed by atoms with Crippen molar-refractivity contribution < 1.29 is 19.0 Å². The number of aromatic nitrogens is 2. The third-order valence-corrected chi connectivity index (χ3v) is 4.98. The Morgan fingerprint density at radius 2 is 2.00 bits per heavy atom. The topological polar surface area (TPSA) is 70.5 Å². The molecule has 0 amide bonds. The van der Waals surface area contributed by atoms with Gasteiger partial charge in [0.05, 0.1) is 25.4 Å². The SMILES string of the molecule is CO/C=C(/C(=O)OC)c1ccccc1COc1nc(-c2cccnc2)sc1C. The Hall–Kier alpha value is -3.19. The average molecular weight is 396 g/mol.